The number of nitrogens with one attached hydrogen (secondary N) is 1. The van der Waals surface area contributed by atoms with Gasteiger partial charge in [-0.1, -0.05) is 11.6 Å². The normalized spacial score (nSPS) is 13.0. The zero-order valence-corrected chi connectivity index (χ0v) is 21.4. The number of rotatable bonds is 10. The van der Waals surface area contributed by atoms with Crippen molar-refractivity contribution < 1.29 is 41.7 Å². The van der Waals surface area contributed by atoms with Crippen molar-refractivity contribution in [2.75, 3.05) is 27.4 Å². The number of ether oxygens (including phenoxy) is 3. The molecule has 0 saturated heterocycles. The van der Waals surface area contributed by atoms with Crippen molar-refractivity contribution in [2.24, 2.45) is 0 Å². The lowest BCUT2D eigenvalue weighted by Gasteiger charge is -2.22. The molecule has 0 bridgehead atoms. The second-order valence-electron chi connectivity index (χ2n) is 8.25. The van der Waals surface area contributed by atoms with Gasteiger partial charge in [-0.2, -0.15) is 13.2 Å². The van der Waals surface area contributed by atoms with Crippen LogP contribution in [0.25, 0.3) is 11.3 Å². The van der Waals surface area contributed by atoms with Crippen LogP contribution in [-0.2, 0) is 0 Å². The Bertz CT molecular complexity index is 1290. The predicted octanol–water partition coefficient (Wildman–Crippen LogP) is 5.39. The van der Waals surface area contributed by atoms with Gasteiger partial charge in [0.1, 0.15) is 29.8 Å². The zero-order chi connectivity index (χ0) is 28.0. The number of pyridine rings is 1. The first-order valence-electron chi connectivity index (χ1n) is 11.3. The molecule has 2 N–H and O–H groups in total. The van der Waals surface area contributed by atoms with Gasteiger partial charge in [0.15, 0.2) is 11.5 Å². The minimum absolute atomic E-state index is 0.0177. The Morgan fingerprint density at radius 1 is 1.05 bits per heavy atom. The Labute approximate surface area is 221 Å². The molecule has 0 saturated carbocycles. The van der Waals surface area contributed by atoms with Gasteiger partial charge in [0.2, 0.25) is 0 Å². The van der Waals surface area contributed by atoms with Gasteiger partial charge in [-0.05, 0) is 55.5 Å². The molecule has 3 aromatic rings. The van der Waals surface area contributed by atoms with Gasteiger partial charge in [-0.25, -0.2) is 9.37 Å². The van der Waals surface area contributed by atoms with Crippen molar-refractivity contribution in [1.82, 2.24) is 10.3 Å². The average Bonchev–Trinajstić information content (AvgIpc) is 2.88. The molecule has 1 aromatic heterocycles. The van der Waals surface area contributed by atoms with E-state index in [0.29, 0.717) is 0 Å². The first-order chi connectivity index (χ1) is 17.9. The third kappa shape index (κ3) is 7.05. The third-order valence-corrected chi connectivity index (χ3v) is 5.71. The summed E-state index contributed by atoms with van der Waals surface area (Å²) >= 11 is 5.84. The summed E-state index contributed by atoms with van der Waals surface area (Å²) in [5, 5.41) is 11.4. The standard InChI is InChI=1S/C26H25ClF4N2O5/c1-14(34)13-38-21-8-5-16(11-23(21)37-3)25(35)32-12-17(26(29,30)31)20-7-9-22(36-2)24(33-20)15-4-6-19(28)18(27)10-15/h4-11,14,17,34H,12-13H2,1-3H3,(H,32,35)/t14-,17?/m1/s1. The number of carbonyl (C=O) groups excluding carboxylic acids is 1. The fraction of sp³-hybridized carbons (Fsp3) is 0.308. The lowest BCUT2D eigenvalue weighted by Crippen LogP contribution is -2.35. The minimum Gasteiger partial charge on any atom is -0.494 e. The van der Waals surface area contributed by atoms with E-state index in [2.05, 4.69) is 10.3 Å². The van der Waals surface area contributed by atoms with Crippen LogP contribution in [0.1, 0.15) is 28.9 Å². The van der Waals surface area contributed by atoms with Crippen LogP contribution in [0.3, 0.4) is 0 Å². The van der Waals surface area contributed by atoms with Gasteiger partial charge in [0.05, 0.1) is 31.0 Å². The van der Waals surface area contributed by atoms with Crippen LogP contribution in [0, 0.1) is 5.82 Å². The van der Waals surface area contributed by atoms with Crippen LogP contribution in [0.2, 0.25) is 5.02 Å². The monoisotopic (exact) mass is 556 g/mol. The molecule has 0 fully saturated rings. The summed E-state index contributed by atoms with van der Waals surface area (Å²) in [5.74, 6) is -3.05. The summed E-state index contributed by atoms with van der Waals surface area (Å²) in [4.78, 5) is 16.8. The number of aromatic nitrogens is 1. The van der Waals surface area contributed by atoms with Crippen LogP contribution in [-0.4, -0.2) is 55.6 Å². The van der Waals surface area contributed by atoms with E-state index in [1.165, 1.54) is 57.5 Å². The SMILES string of the molecule is COc1cc(C(=O)NCC(c2ccc(OC)c(-c3ccc(F)c(Cl)c3)n2)C(F)(F)F)ccc1OC[C@@H](C)O. The highest BCUT2D eigenvalue weighted by atomic mass is 35.5. The molecule has 0 spiro atoms. The molecule has 3 rings (SSSR count). The van der Waals surface area contributed by atoms with Crippen LogP contribution < -0.4 is 19.5 Å². The first kappa shape index (κ1) is 29.0. The van der Waals surface area contributed by atoms with Crippen molar-refractivity contribution in [1.29, 1.82) is 0 Å². The number of carbonyl (C=O) groups is 1. The van der Waals surface area contributed by atoms with Crippen LogP contribution in [0.5, 0.6) is 17.2 Å². The van der Waals surface area contributed by atoms with Crippen molar-refractivity contribution in [3.63, 3.8) is 0 Å². The quantitative estimate of drug-likeness (QED) is 0.325. The molecule has 38 heavy (non-hydrogen) atoms. The summed E-state index contributed by atoms with van der Waals surface area (Å²) in [7, 11) is 2.66. The number of halogens is 5. The number of aliphatic hydroxyl groups excluding tert-OH is 1. The lowest BCUT2D eigenvalue weighted by molar-refractivity contribution is -0.149. The number of hydrogen-bond donors (Lipinski definition) is 2. The Morgan fingerprint density at radius 2 is 1.74 bits per heavy atom. The zero-order valence-electron chi connectivity index (χ0n) is 20.6. The van der Waals surface area contributed by atoms with Gasteiger partial charge >= 0.3 is 6.18 Å². The fourth-order valence-electron chi connectivity index (χ4n) is 3.49. The van der Waals surface area contributed by atoms with Crippen molar-refractivity contribution in [2.45, 2.75) is 25.1 Å². The molecule has 1 heterocycles. The third-order valence-electron chi connectivity index (χ3n) is 5.42. The molecule has 0 aliphatic rings. The van der Waals surface area contributed by atoms with Crippen molar-refractivity contribution in [3.05, 3.63) is 70.6 Å². The highest BCUT2D eigenvalue weighted by molar-refractivity contribution is 6.31. The summed E-state index contributed by atoms with van der Waals surface area (Å²) in [6.07, 6.45) is -5.50. The molecule has 0 aliphatic carbocycles. The lowest BCUT2D eigenvalue weighted by atomic mass is 10.0. The van der Waals surface area contributed by atoms with Crippen LogP contribution in [0.15, 0.2) is 48.5 Å². The summed E-state index contributed by atoms with van der Waals surface area (Å²) < 4.78 is 71.6. The predicted molar refractivity (Wildman–Crippen MR) is 132 cm³/mol. The average molecular weight is 557 g/mol. The number of benzene rings is 2. The van der Waals surface area contributed by atoms with Gasteiger partial charge in [0, 0.05) is 17.7 Å². The maximum absolute atomic E-state index is 14.1. The Hall–Kier alpha value is -3.57. The second-order valence-corrected chi connectivity index (χ2v) is 8.65. The molecule has 0 aliphatic heterocycles. The van der Waals surface area contributed by atoms with E-state index in [1.54, 1.807) is 0 Å². The number of alkyl halides is 3. The van der Waals surface area contributed by atoms with E-state index in [0.717, 1.165) is 12.1 Å². The summed E-state index contributed by atoms with van der Waals surface area (Å²) in [6.45, 7) is 0.699. The van der Waals surface area contributed by atoms with Crippen molar-refractivity contribution >= 4 is 17.5 Å². The fourth-order valence-corrected chi connectivity index (χ4v) is 3.67. The van der Waals surface area contributed by atoms with E-state index in [9.17, 15) is 27.5 Å². The summed E-state index contributed by atoms with van der Waals surface area (Å²) in [5.41, 5.74) is -0.0555. The molecular formula is C26H25ClF4N2O5. The molecule has 0 radical (unpaired) electrons. The van der Waals surface area contributed by atoms with Gasteiger partial charge in [0.25, 0.3) is 5.91 Å². The highest BCUT2D eigenvalue weighted by Crippen LogP contribution is 2.37. The van der Waals surface area contributed by atoms with Crippen LogP contribution in [0.4, 0.5) is 17.6 Å². The minimum atomic E-state index is -4.76. The Kier molecular flexibility index (Phi) is 9.40. The largest absolute Gasteiger partial charge is 0.494 e. The molecule has 12 heteroatoms. The number of aliphatic hydroxyl groups is 1. The number of amides is 1. The van der Waals surface area contributed by atoms with E-state index in [1.807, 2.05) is 0 Å². The van der Waals surface area contributed by atoms with Gasteiger partial charge in [-0.15, -0.1) is 0 Å². The van der Waals surface area contributed by atoms with Gasteiger partial charge < -0.3 is 24.6 Å². The maximum atomic E-state index is 14.1. The van der Waals surface area contributed by atoms with E-state index >= 15 is 0 Å². The topological polar surface area (TPSA) is 89.9 Å². The Balaban J connectivity index is 1.86. The first-order valence-corrected chi connectivity index (χ1v) is 11.7. The molecular weight excluding hydrogens is 532 g/mol. The summed E-state index contributed by atoms with van der Waals surface area (Å²) in [6, 6.07) is 10.2. The smallest absolute Gasteiger partial charge is 0.398 e. The number of nitrogens with zero attached hydrogens (tertiary/aromatic N) is 1. The van der Waals surface area contributed by atoms with E-state index in [4.69, 9.17) is 25.8 Å². The molecule has 204 valence electrons. The molecule has 1 amide bonds. The maximum Gasteiger partial charge on any atom is 0.398 e. The molecule has 7 nitrogen and oxygen atoms in total. The molecule has 2 atom stereocenters. The number of methoxy groups -OCH3 is 2. The Morgan fingerprint density at radius 3 is 2.34 bits per heavy atom. The molecule has 2 aromatic carbocycles. The van der Waals surface area contributed by atoms with Crippen molar-refractivity contribution in [3.8, 4) is 28.5 Å². The van der Waals surface area contributed by atoms with Gasteiger partial charge in [-0.3, -0.25) is 4.79 Å². The second kappa shape index (κ2) is 12.3. The number of hydrogen-bond acceptors (Lipinski definition) is 6. The molecule has 1 unspecified atom stereocenters. The van der Waals surface area contributed by atoms with E-state index < -0.39 is 36.5 Å². The highest BCUT2D eigenvalue weighted by Gasteiger charge is 2.42. The van der Waals surface area contributed by atoms with E-state index in [-0.39, 0.29) is 51.4 Å². The van der Waals surface area contributed by atoms with Crippen LogP contribution >= 0.6 is 11.6 Å².